The summed E-state index contributed by atoms with van der Waals surface area (Å²) in [6, 6.07) is 12.6. The molecule has 0 atom stereocenters. The van der Waals surface area contributed by atoms with Crippen molar-refractivity contribution in [2.75, 3.05) is 44.3 Å². The molecule has 2 aliphatic heterocycles. The third-order valence-electron chi connectivity index (χ3n) is 6.02. The van der Waals surface area contributed by atoms with E-state index in [0.717, 1.165) is 5.56 Å². The molecule has 0 radical (unpaired) electrons. The molecule has 0 spiro atoms. The largest absolute Gasteiger partial charge is 0.486 e. The number of rotatable bonds is 5. The molecule has 3 aromatic rings. The van der Waals surface area contributed by atoms with Crippen LogP contribution in [0.3, 0.4) is 0 Å². The molecule has 1 saturated heterocycles. The third kappa shape index (κ3) is 4.16. The minimum Gasteiger partial charge on any atom is -0.486 e. The lowest BCUT2D eigenvalue weighted by molar-refractivity contribution is 0.172. The van der Waals surface area contributed by atoms with Crippen molar-refractivity contribution < 1.29 is 17.9 Å². The lowest BCUT2D eigenvalue weighted by Gasteiger charge is -2.35. The topological polar surface area (TPSA) is 94.0 Å². The lowest BCUT2D eigenvalue weighted by Crippen LogP contribution is -2.50. The average molecular weight is 471 g/mol. The van der Waals surface area contributed by atoms with Crippen LogP contribution in [0.5, 0.6) is 11.5 Å². The Morgan fingerprint density at radius 2 is 1.64 bits per heavy atom. The van der Waals surface area contributed by atoms with E-state index in [2.05, 4.69) is 0 Å². The van der Waals surface area contributed by atoms with Gasteiger partial charge >= 0.3 is 0 Å². The molecule has 33 heavy (non-hydrogen) atoms. The Balaban J connectivity index is 1.40. The van der Waals surface area contributed by atoms with Crippen LogP contribution < -0.4 is 19.9 Å². The van der Waals surface area contributed by atoms with Crippen molar-refractivity contribution in [3.8, 4) is 11.5 Å². The van der Waals surface area contributed by atoms with Gasteiger partial charge in [-0.3, -0.25) is 9.36 Å². The molecule has 0 saturated carbocycles. The van der Waals surface area contributed by atoms with Crippen LogP contribution in [0.15, 0.2) is 47.3 Å². The Morgan fingerprint density at radius 1 is 0.970 bits per heavy atom. The molecule has 3 heterocycles. The number of piperazine rings is 1. The molecule has 9 nitrogen and oxygen atoms in total. The summed E-state index contributed by atoms with van der Waals surface area (Å²) in [4.78, 5) is 20.0. The Bertz CT molecular complexity index is 1330. The van der Waals surface area contributed by atoms with Gasteiger partial charge in [0.05, 0.1) is 16.7 Å². The van der Waals surface area contributed by atoms with Crippen LogP contribution in [0, 0.1) is 0 Å². The fourth-order valence-corrected chi connectivity index (χ4v) is 5.83. The first-order chi connectivity index (χ1) is 16.0. The van der Waals surface area contributed by atoms with Crippen molar-refractivity contribution in [2.45, 2.75) is 19.2 Å². The highest BCUT2D eigenvalue weighted by Gasteiger charge is 2.29. The van der Waals surface area contributed by atoms with Gasteiger partial charge in [-0.1, -0.05) is 30.3 Å². The van der Waals surface area contributed by atoms with E-state index in [-0.39, 0.29) is 11.3 Å². The van der Waals surface area contributed by atoms with Gasteiger partial charge in [-0.05, 0) is 18.6 Å². The zero-order chi connectivity index (χ0) is 23.0. The van der Waals surface area contributed by atoms with Crippen LogP contribution in [-0.4, -0.2) is 61.7 Å². The summed E-state index contributed by atoms with van der Waals surface area (Å²) >= 11 is 0. The maximum Gasteiger partial charge on any atom is 0.262 e. The fraction of sp³-hybridized carbons (Fsp3) is 0.391. The van der Waals surface area contributed by atoms with Gasteiger partial charge in [-0.25, -0.2) is 13.4 Å². The molecular formula is C23H26N4O5S. The number of ether oxygens (including phenoxy) is 2. The van der Waals surface area contributed by atoms with Gasteiger partial charge in [0.1, 0.15) is 13.2 Å². The quantitative estimate of drug-likeness (QED) is 0.562. The SMILES string of the molecule is CCn1c(N2CCN(S(=O)(=O)Cc3ccccc3)CC2)nc2cc3c(cc2c1=O)OCCO3. The molecule has 5 rings (SSSR count). The molecule has 0 unspecified atom stereocenters. The first-order valence-corrected chi connectivity index (χ1v) is 12.7. The average Bonchev–Trinajstić information content (AvgIpc) is 2.83. The van der Waals surface area contributed by atoms with Gasteiger partial charge in [-0.15, -0.1) is 0 Å². The molecule has 1 fully saturated rings. The number of benzene rings is 2. The van der Waals surface area contributed by atoms with Gasteiger partial charge in [-0.2, -0.15) is 4.31 Å². The van der Waals surface area contributed by atoms with Crippen LogP contribution >= 0.6 is 0 Å². The number of hydrogen-bond donors (Lipinski definition) is 0. The van der Waals surface area contributed by atoms with Crippen LogP contribution in [0.1, 0.15) is 12.5 Å². The number of sulfonamides is 1. The number of nitrogens with zero attached hydrogens (tertiary/aromatic N) is 4. The smallest absolute Gasteiger partial charge is 0.262 e. The number of fused-ring (bicyclic) bond motifs is 2. The van der Waals surface area contributed by atoms with E-state index >= 15 is 0 Å². The maximum absolute atomic E-state index is 13.2. The summed E-state index contributed by atoms with van der Waals surface area (Å²) in [5.41, 5.74) is 1.17. The highest BCUT2D eigenvalue weighted by Crippen LogP contribution is 2.33. The molecule has 0 aliphatic carbocycles. The summed E-state index contributed by atoms with van der Waals surface area (Å²) < 4.78 is 40.2. The molecule has 174 valence electrons. The van der Waals surface area contributed by atoms with E-state index in [1.165, 1.54) is 4.31 Å². The Kier molecular flexibility index (Phi) is 5.71. The number of aromatic nitrogens is 2. The summed E-state index contributed by atoms with van der Waals surface area (Å²) in [7, 11) is -3.42. The zero-order valence-corrected chi connectivity index (χ0v) is 19.3. The van der Waals surface area contributed by atoms with E-state index < -0.39 is 10.0 Å². The molecule has 2 aromatic carbocycles. The van der Waals surface area contributed by atoms with Crippen molar-refractivity contribution in [2.24, 2.45) is 0 Å². The summed E-state index contributed by atoms with van der Waals surface area (Å²) in [6.07, 6.45) is 0. The van der Waals surface area contributed by atoms with Gasteiger partial charge in [0.2, 0.25) is 16.0 Å². The van der Waals surface area contributed by atoms with E-state index in [0.29, 0.717) is 74.3 Å². The Morgan fingerprint density at radius 3 is 2.30 bits per heavy atom. The van der Waals surface area contributed by atoms with Crippen molar-refractivity contribution in [3.05, 3.63) is 58.4 Å². The second-order valence-corrected chi connectivity index (χ2v) is 10.1. The minimum absolute atomic E-state index is 0.0189. The number of anilines is 1. The van der Waals surface area contributed by atoms with Gasteiger partial charge < -0.3 is 14.4 Å². The van der Waals surface area contributed by atoms with Gasteiger partial charge in [0.25, 0.3) is 5.56 Å². The second kappa shape index (κ2) is 8.68. The normalized spacial score (nSPS) is 16.8. The Labute approximate surface area is 192 Å². The van der Waals surface area contributed by atoms with Crippen LogP contribution in [-0.2, 0) is 22.3 Å². The molecular weight excluding hydrogens is 444 g/mol. The van der Waals surface area contributed by atoms with Crippen molar-refractivity contribution >= 4 is 26.9 Å². The fourth-order valence-electron chi connectivity index (χ4n) is 4.32. The third-order valence-corrected chi connectivity index (χ3v) is 7.87. The predicted octanol–water partition coefficient (Wildman–Crippen LogP) is 1.84. The van der Waals surface area contributed by atoms with Crippen LogP contribution in [0.25, 0.3) is 10.9 Å². The molecule has 0 bridgehead atoms. The minimum atomic E-state index is -3.42. The van der Waals surface area contributed by atoms with Crippen molar-refractivity contribution in [1.82, 2.24) is 13.9 Å². The Hall–Kier alpha value is -3.11. The van der Waals surface area contributed by atoms with E-state index in [4.69, 9.17) is 14.5 Å². The highest BCUT2D eigenvalue weighted by molar-refractivity contribution is 7.88. The maximum atomic E-state index is 13.2. The standard InChI is InChI=1S/C23H26N4O5S/c1-2-27-22(28)18-14-20-21(32-13-12-31-20)15-19(18)24-23(27)25-8-10-26(11-9-25)33(29,30)16-17-6-4-3-5-7-17/h3-7,14-15H,2,8-13,16H2,1H3. The first-order valence-electron chi connectivity index (χ1n) is 11.1. The van der Waals surface area contributed by atoms with E-state index in [1.54, 1.807) is 16.7 Å². The molecule has 0 N–H and O–H groups in total. The summed E-state index contributed by atoms with van der Waals surface area (Å²) in [5.74, 6) is 1.67. The number of hydrogen-bond acceptors (Lipinski definition) is 7. The second-order valence-electron chi connectivity index (χ2n) is 8.10. The zero-order valence-electron chi connectivity index (χ0n) is 18.4. The van der Waals surface area contributed by atoms with Gasteiger partial charge in [0.15, 0.2) is 11.5 Å². The van der Waals surface area contributed by atoms with Crippen LogP contribution in [0.2, 0.25) is 0 Å². The summed E-state index contributed by atoms with van der Waals surface area (Å²) in [5, 5.41) is 0.480. The van der Waals surface area contributed by atoms with Crippen molar-refractivity contribution in [1.29, 1.82) is 0 Å². The monoisotopic (exact) mass is 470 g/mol. The molecule has 1 aromatic heterocycles. The van der Waals surface area contributed by atoms with E-state index in [9.17, 15) is 13.2 Å². The predicted molar refractivity (Wildman–Crippen MR) is 126 cm³/mol. The first kappa shape index (κ1) is 21.7. The molecule has 2 aliphatic rings. The lowest BCUT2D eigenvalue weighted by atomic mass is 10.2. The van der Waals surface area contributed by atoms with E-state index in [1.807, 2.05) is 42.2 Å². The van der Waals surface area contributed by atoms with Gasteiger partial charge in [0, 0.05) is 38.8 Å². The summed E-state index contributed by atoms with van der Waals surface area (Å²) in [6.45, 7) is 4.85. The molecule has 0 amide bonds. The van der Waals surface area contributed by atoms with Crippen molar-refractivity contribution in [3.63, 3.8) is 0 Å². The molecule has 10 heteroatoms. The van der Waals surface area contributed by atoms with Crippen LogP contribution in [0.4, 0.5) is 5.95 Å². The highest BCUT2D eigenvalue weighted by atomic mass is 32.2.